The number of hydrogen-bond acceptors (Lipinski definition) is 6. The van der Waals surface area contributed by atoms with Crippen molar-refractivity contribution in [2.24, 2.45) is 5.14 Å². The Morgan fingerprint density at radius 1 is 1.30 bits per heavy atom. The molecule has 0 spiro atoms. The molecule has 2 aromatic rings. The number of hydrogen-bond donors (Lipinski definition) is 1. The number of nitrogens with zero attached hydrogens (tertiary/aromatic N) is 3. The van der Waals surface area contributed by atoms with Gasteiger partial charge in [-0.1, -0.05) is 6.07 Å². The molecule has 0 aliphatic carbocycles. The van der Waals surface area contributed by atoms with Crippen molar-refractivity contribution in [1.29, 1.82) is 0 Å². The molecule has 0 saturated heterocycles. The van der Waals surface area contributed by atoms with Gasteiger partial charge in [-0.2, -0.15) is 0 Å². The highest BCUT2D eigenvalue weighted by Gasteiger charge is 2.20. The van der Waals surface area contributed by atoms with E-state index in [1.807, 2.05) is 12.1 Å². The molecule has 0 saturated carbocycles. The molecule has 0 radical (unpaired) electrons. The number of aromatic nitrogens is 1. The van der Waals surface area contributed by atoms with E-state index < -0.39 is 14.9 Å². The SMILES string of the molecule is CN(CCc1ccccn1)c1cc([N+](=O)[O-])ccc1S(N)(=O)=O. The van der Waals surface area contributed by atoms with Gasteiger partial charge in [-0.15, -0.1) is 0 Å². The van der Waals surface area contributed by atoms with Gasteiger partial charge < -0.3 is 4.90 Å². The number of benzene rings is 1. The number of sulfonamides is 1. The highest BCUT2D eigenvalue weighted by molar-refractivity contribution is 7.89. The maximum atomic E-state index is 11.7. The van der Waals surface area contributed by atoms with Crippen LogP contribution >= 0.6 is 0 Å². The minimum Gasteiger partial charge on any atom is -0.373 e. The molecule has 0 bridgehead atoms. The number of nitro groups is 1. The predicted molar refractivity (Wildman–Crippen MR) is 85.7 cm³/mol. The van der Waals surface area contributed by atoms with E-state index in [2.05, 4.69) is 4.98 Å². The Kier molecular flexibility index (Phi) is 4.92. The van der Waals surface area contributed by atoms with Gasteiger partial charge in [-0.05, 0) is 18.2 Å². The third kappa shape index (κ3) is 4.24. The summed E-state index contributed by atoms with van der Waals surface area (Å²) in [5.41, 5.74) is 0.830. The fourth-order valence-corrected chi connectivity index (χ4v) is 2.87. The van der Waals surface area contributed by atoms with Gasteiger partial charge in [0.25, 0.3) is 5.69 Å². The number of nitrogens with two attached hydrogens (primary N) is 1. The van der Waals surface area contributed by atoms with Crippen molar-refractivity contribution in [2.45, 2.75) is 11.3 Å². The van der Waals surface area contributed by atoms with Crippen LogP contribution in [-0.2, 0) is 16.4 Å². The van der Waals surface area contributed by atoms with Gasteiger partial charge in [0.1, 0.15) is 4.90 Å². The van der Waals surface area contributed by atoms with Gasteiger partial charge in [-0.3, -0.25) is 15.1 Å². The molecule has 0 unspecified atom stereocenters. The maximum Gasteiger partial charge on any atom is 0.271 e. The molecule has 1 aromatic carbocycles. The molecule has 8 nitrogen and oxygen atoms in total. The van der Waals surface area contributed by atoms with E-state index in [0.717, 1.165) is 17.8 Å². The lowest BCUT2D eigenvalue weighted by Crippen LogP contribution is -2.24. The first-order valence-corrected chi connectivity index (χ1v) is 8.26. The highest BCUT2D eigenvalue weighted by atomic mass is 32.2. The van der Waals surface area contributed by atoms with Gasteiger partial charge in [-0.25, -0.2) is 13.6 Å². The first-order chi connectivity index (χ1) is 10.8. The van der Waals surface area contributed by atoms with Crippen LogP contribution in [0.25, 0.3) is 0 Å². The lowest BCUT2D eigenvalue weighted by Gasteiger charge is -2.21. The zero-order chi connectivity index (χ0) is 17.0. The summed E-state index contributed by atoms with van der Waals surface area (Å²) in [5.74, 6) is 0. The lowest BCUT2D eigenvalue weighted by atomic mass is 10.2. The molecular weight excluding hydrogens is 320 g/mol. The van der Waals surface area contributed by atoms with Crippen molar-refractivity contribution >= 4 is 21.4 Å². The number of likely N-dealkylation sites (N-methyl/N-ethyl adjacent to an activating group) is 1. The van der Waals surface area contributed by atoms with Crippen LogP contribution in [0.2, 0.25) is 0 Å². The van der Waals surface area contributed by atoms with E-state index >= 15 is 0 Å². The first-order valence-electron chi connectivity index (χ1n) is 6.71. The second kappa shape index (κ2) is 6.71. The molecule has 1 aromatic heterocycles. The zero-order valence-corrected chi connectivity index (χ0v) is 13.2. The number of nitro benzene ring substituents is 1. The van der Waals surface area contributed by atoms with E-state index in [1.165, 1.54) is 6.07 Å². The fraction of sp³-hybridized carbons (Fsp3) is 0.214. The third-order valence-electron chi connectivity index (χ3n) is 3.30. The minimum absolute atomic E-state index is 0.147. The van der Waals surface area contributed by atoms with Crippen molar-refractivity contribution < 1.29 is 13.3 Å². The summed E-state index contributed by atoms with van der Waals surface area (Å²) >= 11 is 0. The molecule has 2 N–H and O–H groups in total. The van der Waals surface area contributed by atoms with Gasteiger partial charge >= 0.3 is 0 Å². The van der Waals surface area contributed by atoms with E-state index in [0.29, 0.717) is 13.0 Å². The average Bonchev–Trinajstić information content (AvgIpc) is 2.52. The van der Waals surface area contributed by atoms with Crippen molar-refractivity contribution in [1.82, 2.24) is 4.98 Å². The van der Waals surface area contributed by atoms with E-state index in [4.69, 9.17) is 5.14 Å². The second-order valence-electron chi connectivity index (χ2n) is 4.95. The Bertz CT molecular complexity index is 809. The quantitative estimate of drug-likeness (QED) is 0.627. The molecule has 122 valence electrons. The molecule has 0 fully saturated rings. The largest absolute Gasteiger partial charge is 0.373 e. The van der Waals surface area contributed by atoms with Crippen LogP contribution in [0.4, 0.5) is 11.4 Å². The van der Waals surface area contributed by atoms with Gasteiger partial charge in [0, 0.05) is 44.0 Å². The van der Waals surface area contributed by atoms with E-state index in [1.54, 1.807) is 24.2 Å². The molecule has 1 heterocycles. The molecule has 9 heteroatoms. The molecule has 0 amide bonds. The highest BCUT2D eigenvalue weighted by Crippen LogP contribution is 2.28. The summed E-state index contributed by atoms with van der Waals surface area (Å²) < 4.78 is 23.4. The molecule has 0 atom stereocenters. The second-order valence-corrected chi connectivity index (χ2v) is 6.48. The van der Waals surface area contributed by atoms with Crippen LogP contribution in [0, 0.1) is 10.1 Å². The predicted octanol–water partition coefficient (Wildman–Crippen LogP) is 1.32. The number of pyridine rings is 1. The summed E-state index contributed by atoms with van der Waals surface area (Å²) in [5, 5.41) is 16.1. The molecule has 0 aliphatic rings. The summed E-state index contributed by atoms with van der Waals surface area (Å²) in [6.45, 7) is 0.431. The zero-order valence-electron chi connectivity index (χ0n) is 12.4. The summed E-state index contributed by atoms with van der Waals surface area (Å²) in [6.07, 6.45) is 2.22. The van der Waals surface area contributed by atoms with Crippen LogP contribution in [-0.4, -0.2) is 31.9 Å². The molecule has 2 rings (SSSR count). The minimum atomic E-state index is -3.98. The maximum absolute atomic E-state index is 11.7. The molecular formula is C14H16N4O4S. The number of rotatable bonds is 6. The topological polar surface area (TPSA) is 119 Å². The Hall–Kier alpha value is -2.52. The summed E-state index contributed by atoms with van der Waals surface area (Å²) in [4.78, 5) is 16.0. The van der Waals surface area contributed by atoms with Crippen LogP contribution in [0.3, 0.4) is 0 Å². The van der Waals surface area contributed by atoms with Crippen molar-refractivity contribution in [2.75, 3.05) is 18.5 Å². The van der Waals surface area contributed by atoms with E-state index in [9.17, 15) is 18.5 Å². The number of primary sulfonamides is 1. The fourth-order valence-electron chi connectivity index (χ4n) is 2.11. The lowest BCUT2D eigenvalue weighted by molar-refractivity contribution is -0.384. The smallest absolute Gasteiger partial charge is 0.271 e. The summed E-state index contributed by atoms with van der Waals surface area (Å²) in [7, 11) is -2.33. The van der Waals surface area contributed by atoms with Crippen molar-refractivity contribution in [3.63, 3.8) is 0 Å². The standard InChI is InChI=1S/C14H16N4O4S/c1-17(9-7-11-4-2-3-8-16-11)13-10-12(18(19)20)5-6-14(13)23(15,21)22/h2-6,8,10H,7,9H2,1H3,(H2,15,21,22). The van der Waals surface area contributed by atoms with Gasteiger partial charge in [0.05, 0.1) is 10.6 Å². The van der Waals surface area contributed by atoms with Gasteiger partial charge in [0.15, 0.2) is 0 Å². The Balaban J connectivity index is 2.31. The molecule has 0 aliphatic heterocycles. The van der Waals surface area contributed by atoms with E-state index in [-0.39, 0.29) is 16.3 Å². The molecule has 23 heavy (non-hydrogen) atoms. The first kappa shape index (κ1) is 16.8. The average molecular weight is 336 g/mol. The monoisotopic (exact) mass is 336 g/mol. The van der Waals surface area contributed by atoms with Crippen molar-refractivity contribution in [3.05, 3.63) is 58.4 Å². The normalized spacial score (nSPS) is 11.2. The third-order valence-corrected chi connectivity index (χ3v) is 4.26. The van der Waals surface area contributed by atoms with Crippen molar-refractivity contribution in [3.8, 4) is 0 Å². The Morgan fingerprint density at radius 2 is 2.04 bits per heavy atom. The van der Waals surface area contributed by atoms with Gasteiger partial charge in [0.2, 0.25) is 10.0 Å². The van der Waals surface area contributed by atoms with Crippen LogP contribution in [0.15, 0.2) is 47.5 Å². The van der Waals surface area contributed by atoms with Crippen LogP contribution in [0.5, 0.6) is 0 Å². The Labute approximate surface area is 133 Å². The Morgan fingerprint density at radius 3 is 2.61 bits per heavy atom. The van der Waals surface area contributed by atoms with Crippen LogP contribution < -0.4 is 10.0 Å². The number of non-ortho nitro benzene ring substituents is 1. The van der Waals surface area contributed by atoms with Crippen LogP contribution in [0.1, 0.15) is 5.69 Å². The summed E-state index contributed by atoms with van der Waals surface area (Å²) in [6, 6.07) is 8.98. The number of anilines is 1.